The van der Waals surface area contributed by atoms with Crippen molar-refractivity contribution in [3.05, 3.63) is 54.1 Å². The van der Waals surface area contributed by atoms with Gasteiger partial charge in [0.2, 0.25) is 0 Å². The molecular formula is C12H7BF2O2. The van der Waals surface area contributed by atoms with Gasteiger partial charge in [-0.05, 0) is 24.3 Å². The van der Waals surface area contributed by atoms with Crippen LogP contribution in [-0.2, 0) is 0 Å². The highest BCUT2D eigenvalue weighted by molar-refractivity contribution is 6.63. The average molecular weight is 232 g/mol. The summed E-state index contributed by atoms with van der Waals surface area (Å²) in [6, 6.07) is 10.2. The first-order valence-electron chi connectivity index (χ1n) is 5.11. The number of rotatable bonds is 1. The minimum Gasteiger partial charge on any atom is -0.519 e. The fourth-order valence-electron chi connectivity index (χ4n) is 1.70. The molecule has 1 aliphatic rings. The van der Waals surface area contributed by atoms with Crippen molar-refractivity contribution in [1.82, 2.24) is 0 Å². The lowest BCUT2D eigenvalue weighted by atomic mass is 9.79. The maximum Gasteiger partial charge on any atom is 0.632 e. The lowest BCUT2D eigenvalue weighted by Crippen LogP contribution is -2.39. The van der Waals surface area contributed by atoms with Crippen LogP contribution in [0.3, 0.4) is 0 Å². The van der Waals surface area contributed by atoms with Crippen molar-refractivity contribution in [3.63, 3.8) is 0 Å². The summed E-state index contributed by atoms with van der Waals surface area (Å²) in [5, 5.41) is 0. The molecule has 0 bridgehead atoms. The smallest absolute Gasteiger partial charge is 0.519 e. The van der Waals surface area contributed by atoms with E-state index in [1.54, 1.807) is 24.3 Å². The van der Waals surface area contributed by atoms with Crippen LogP contribution in [0.15, 0.2) is 42.5 Å². The SMILES string of the molecule is Fc1ccc(B2Oc3cccc(F)c3O2)cc1. The van der Waals surface area contributed by atoms with Gasteiger partial charge in [-0.25, -0.2) is 8.78 Å². The zero-order chi connectivity index (χ0) is 11.8. The molecule has 0 amide bonds. The second-order valence-corrected chi connectivity index (χ2v) is 3.69. The summed E-state index contributed by atoms with van der Waals surface area (Å²) < 4.78 is 36.9. The standard InChI is InChI=1S/C12H7BF2O2/c14-9-6-4-8(5-7-9)13-16-11-3-1-2-10(15)12(11)17-13/h1-7H. The molecule has 1 heterocycles. The van der Waals surface area contributed by atoms with E-state index in [4.69, 9.17) is 9.31 Å². The van der Waals surface area contributed by atoms with Gasteiger partial charge in [0.05, 0.1) is 0 Å². The number of fused-ring (bicyclic) bond motifs is 1. The first-order valence-corrected chi connectivity index (χ1v) is 5.11. The van der Waals surface area contributed by atoms with Crippen molar-refractivity contribution in [1.29, 1.82) is 0 Å². The lowest BCUT2D eigenvalue weighted by molar-refractivity contribution is 0.496. The first-order chi connectivity index (χ1) is 8.24. The van der Waals surface area contributed by atoms with Crippen molar-refractivity contribution >= 4 is 12.6 Å². The quantitative estimate of drug-likeness (QED) is 0.701. The van der Waals surface area contributed by atoms with Gasteiger partial charge in [-0.3, -0.25) is 0 Å². The van der Waals surface area contributed by atoms with Crippen LogP contribution < -0.4 is 14.8 Å². The molecule has 0 atom stereocenters. The van der Waals surface area contributed by atoms with E-state index in [0.717, 1.165) is 0 Å². The Bertz CT molecular complexity index is 557. The predicted octanol–water partition coefficient (Wildman–Crippen LogP) is 2.13. The molecule has 0 aromatic heterocycles. The summed E-state index contributed by atoms with van der Waals surface area (Å²) in [4.78, 5) is 0. The lowest BCUT2D eigenvalue weighted by Gasteiger charge is -2.04. The van der Waals surface area contributed by atoms with Crippen LogP contribution in [0.2, 0.25) is 0 Å². The molecule has 0 N–H and O–H groups in total. The van der Waals surface area contributed by atoms with Crippen molar-refractivity contribution in [2.45, 2.75) is 0 Å². The molecule has 1 aliphatic heterocycles. The number of para-hydroxylation sites is 1. The Kier molecular flexibility index (Phi) is 2.25. The van der Waals surface area contributed by atoms with Gasteiger partial charge in [0.1, 0.15) is 11.6 Å². The van der Waals surface area contributed by atoms with Gasteiger partial charge in [-0.15, -0.1) is 0 Å². The average Bonchev–Trinajstić information content (AvgIpc) is 2.75. The van der Waals surface area contributed by atoms with Crippen molar-refractivity contribution in [2.24, 2.45) is 0 Å². The summed E-state index contributed by atoms with van der Waals surface area (Å²) in [6.45, 7) is 0. The van der Waals surface area contributed by atoms with E-state index in [-0.39, 0.29) is 11.6 Å². The fraction of sp³-hybridized carbons (Fsp3) is 0. The van der Waals surface area contributed by atoms with Crippen LogP contribution in [0, 0.1) is 11.6 Å². The van der Waals surface area contributed by atoms with Gasteiger partial charge in [0, 0.05) is 5.46 Å². The Morgan fingerprint density at radius 3 is 2.35 bits per heavy atom. The summed E-state index contributed by atoms with van der Waals surface area (Å²) in [6.07, 6.45) is 0. The molecule has 0 aliphatic carbocycles. The van der Waals surface area contributed by atoms with Crippen LogP contribution in [-0.4, -0.2) is 7.12 Å². The van der Waals surface area contributed by atoms with E-state index in [0.29, 0.717) is 11.2 Å². The minimum absolute atomic E-state index is 0.0989. The van der Waals surface area contributed by atoms with Gasteiger partial charge >= 0.3 is 7.12 Å². The van der Waals surface area contributed by atoms with Crippen LogP contribution in [0.25, 0.3) is 0 Å². The van der Waals surface area contributed by atoms with Crippen LogP contribution in [0.5, 0.6) is 11.5 Å². The van der Waals surface area contributed by atoms with E-state index >= 15 is 0 Å². The second kappa shape index (κ2) is 3.77. The van der Waals surface area contributed by atoms with E-state index < -0.39 is 12.9 Å². The van der Waals surface area contributed by atoms with Crippen molar-refractivity contribution in [2.75, 3.05) is 0 Å². The summed E-state index contributed by atoms with van der Waals surface area (Å²) in [7, 11) is -0.720. The molecule has 5 heteroatoms. The number of hydrogen-bond donors (Lipinski definition) is 0. The van der Waals surface area contributed by atoms with E-state index in [1.165, 1.54) is 18.2 Å². The van der Waals surface area contributed by atoms with Gasteiger partial charge < -0.3 is 9.31 Å². The minimum atomic E-state index is -0.720. The molecule has 0 saturated heterocycles. The Balaban J connectivity index is 1.91. The predicted molar refractivity (Wildman–Crippen MR) is 59.4 cm³/mol. The Labute approximate surface area is 96.9 Å². The largest absolute Gasteiger partial charge is 0.632 e. The summed E-state index contributed by atoms with van der Waals surface area (Å²) in [5.74, 6) is -0.344. The normalized spacial score (nSPS) is 12.9. The Morgan fingerprint density at radius 2 is 1.65 bits per heavy atom. The number of halogens is 2. The molecule has 2 nitrogen and oxygen atoms in total. The van der Waals surface area contributed by atoms with Crippen molar-refractivity contribution < 1.29 is 18.1 Å². The van der Waals surface area contributed by atoms with Gasteiger partial charge in [-0.1, -0.05) is 18.2 Å². The number of benzene rings is 2. The molecule has 2 aromatic rings. The monoisotopic (exact) mass is 232 g/mol. The molecule has 0 spiro atoms. The molecular weight excluding hydrogens is 225 g/mol. The molecule has 0 saturated carbocycles. The van der Waals surface area contributed by atoms with E-state index in [2.05, 4.69) is 0 Å². The molecule has 0 unspecified atom stereocenters. The zero-order valence-corrected chi connectivity index (χ0v) is 8.69. The van der Waals surface area contributed by atoms with Crippen LogP contribution in [0.4, 0.5) is 8.78 Å². The van der Waals surface area contributed by atoms with E-state index in [1.807, 2.05) is 0 Å². The van der Waals surface area contributed by atoms with E-state index in [9.17, 15) is 8.78 Å². The zero-order valence-electron chi connectivity index (χ0n) is 8.69. The maximum absolute atomic E-state index is 13.4. The Morgan fingerprint density at radius 1 is 0.882 bits per heavy atom. The highest BCUT2D eigenvalue weighted by Gasteiger charge is 2.35. The van der Waals surface area contributed by atoms with Gasteiger partial charge in [0.25, 0.3) is 0 Å². The highest BCUT2D eigenvalue weighted by atomic mass is 19.1. The van der Waals surface area contributed by atoms with Crippen LogP contribution in [0.1, 0.15) is 0 Å². The molecule has 84 valence electrons. The second-order valence-electron chi connectivity index (χ2n) is 3.69. The fourth-order valence-corrected chi connectivity index (χ4v) is 1.70. The molecule has 0 radical (unpaired) electrons. The number of hydrogen-bond acceptors (Lipinski definition) is 2. The highest BCUT2D eigenvalue weighted by Crippen LogP contribution is 2.35. The Hall–Kier alpha value is -2.04. The first kappa shape index (κ1) is 10.1. The van der Waals surface area contributed by atoms with Crippen LogP contribution >= 0.6 is 0 Å². The third-order valence-electron chi connectivity index (χ3n) is 2.53. The molecule has 2 aromatic carbocycles. The van der Waals surface area contributed by atoms with Gasteiger partial charge in [-0.2, -0.15) is 0 Å². The summed E-state index contributed by atoms with van der Waals surface area (Å²) >= 11 is 0. The van der Waals surface area contributed by atoms with Gasteiger partial charge in [0.15, 0.2) is 11.6 Å². The van der Waals surface area contributed by atoms with Crippen molar-refractivity contribution in [3.8, 4) is 11.5 Å². The third-order valence-corrected chi connectivity index (χ3v) is 2.53. The molecule has 0 fully saturated rings. The summed E-state index contributed by atoms with van der Waals surface area (Å²) in [5.41, 5.74) is 0.641. The molecule has 3 rings (SSSR count). The topological polar surface area (TPSA) is 18.5 Å². The molecule has 17 heavy (non-hydrogen) atoms. The third kappa shape index (κ3) is 1.73. The maximum atomic E-state index is 13.4.